The highest BCUT2D eigenvalue weighted by atomic mass is 32.1. The molecule has 1 unspecified atom stereocenters. The number of nitrogens with two attached hydrogens (primary N) is 1. The third-order valence-corrected chi connectivity index (χ3v) is 3.85. The van der Waals surface area contributed by atoms with Crippen molar-refractivity contribution in [3.05, 3.63) is 52.0 Å². The van der Waals surface area contributed by atoms with Crippen molar-refractivity contribution in [3.63, 3.8) is 0 Å². The number of nitrogens with one attached hydrogen (secondary N) is 1. The summed E-state index contributed by atoms with van der Waals surface area (Å²) < 4.78 is 0. The molecule has 1 heterocycles. The van der Waals surface area contributed by atoms with Crippen molar-refractivity contribution in [2.45, 2.75) is 32.2 Å². The van der Waals surface area contributed by atoms with Crippen molar-refractivity contribution in [2.75, 3.05) is 0 Å². The van der Waals surface area contributed by atoms with Gasteiger partial charge < -0.3 is 0 Å². The maximum absolute atomic E-state index is 5.65. The quantitative estimate of drug-likeness (QED) is 0.659. The number of nitrogens with zero attached hydrogens (tertiary/aromatic N) is 1. The zero-order valence-electron chi connectivity index (χ0n) is 11.0. The highest BCUT2D eigenvalue weighted by Gasteiger charge is 2.16. The molecule has 1 aromatic heterocycles. The van der Waals surface area contributed by atoms with E-state index in [1.54, 1.807) is 11.3 Å². The fourth-order valence-electron chi connectivity index (χ4n) is 1.89. The molecule has 0 aliphatic carbocycles. The third kappa shape index (κ3) is 2.77. The molecule has 0 saturated heterocycles. The van der Waals surface area contributed by atoms with E-state index in [4.69, 9.17) is 5.84 Å². The van der Waals surface area contributed by atoms with Gasteiger partial charge in [-0.2, -0.15) is 0 Å². The van der Waals surface area contributed by atoms with Crippen LogP contribution in [-0.4, -0.2) is 4.98 Å². The first kappa shape index (κ1) is 13.2. The van der Waals surface area contributed by atoms with Crippen LogP contribution < -0.4 is 11.3 Å². The number of thiazole rings is 1. The summed E-state index contributed by atoms with van der Waals surface area (Å²) in [5.74, 6) is 5.65. The molecule has 0 aliphatic rings. The van der Waals surface area contributed by atoms with E-state index in [9.17, 15) is 0 Å². The van der Waals surface area contributed by atoms with Gasteiger partial charge in [0.15, 0.2) is 0 Å². The summed E-state index contributed by atoms with van der Waals surface area (Å²) in [7, 11) is 0. The predicted octanol–water partition coefficient (Wildman–Crippen LogP) is 2.99. The van der Waals surface area contributed by atoms with E-state index in [-0.39, 0.29) is 11.5 Å². The minimum atomic E-state index is 0.0199. The fraction of sp³-hybridized carbons (Fsp3) is 0.357. The fourth-order valence-corrected chi connectivity index (χ4v) is 2.59. The maximum Gasteiger partial charge on any atom is 0.0818 e. The molecule has 1 atom stereocenters. The van der Waals surface area contributed by atoms with Crippen LogP contribution in [-0.2, 0) is 5.41 Å². The summed E-state index contributed by atoms with van der Waals surface area (Å²) in [4.78, 5) is 5.22. The third-order valence-electron chi connectivity index (χ3n) is 3.01. The molecule has 3 nitrogen and oxygen atoms in total. The summed E-state index contributed by atoms with van der Waals surface area (Å²) in [6.07, 6.45) is 1.85. The van der Waals surface area contributed by atoms with E-state index in [0.717, 1.165) is 10.4 Å². The highest BCUT2D eigenvalue weighted by molar-refractivity contribution is 7.09. The molecule has 0 spiro atoms. The van der Waals surface area contributed by atoms with Gasteiger partial charge >= 0.3 is 0 Å². The van der Waals surface area contributed by atoms with E-state index in [2.05, 4.69) is 55.4 Å². The summed E-state index contributed by atoms with van der Waals surface area (Å²) in [5, 5.41) is 0. The molecule has 1 aromatic carbocycles. The molecule has 0 saturated carbocycles. The molecule has 0 bridgehead atoms. The number of rotatable bonds is 3. The molecule has 96 valence electrons. The highest BCUT2D eigenvalue weighted by Crippen LogP contribution is 2.27. The second-order valence-electron chi connectivity index (χ2n) is 5.38. The Balaban J connectivity index is 2.28. The van der Waals surface area contributed by atoms with Crippen LogP contribution >= 0.6 is 11.3 Å². The summed E-state index contributed by atoms with van der Waals surface area (Å²) in [6, 6.07) is 8.61. The van der Waals surface area contributed by atoms with Gasteiger partial charge in [0.05, 0.1) is 11.6 Å². The van der Waals surface area contributed by atoms with E-state index < -0.39 is 0 Å². The zero-order valence-corrected chi connectivity index (χ0v) is 11.8. The van der Waals surface area contributed by atoms with Gasteiger partial charge in [-0.15, -0.1) is 11.3 Å². The lowest BCUT2D eigenvalue weighted by molar-refractivity contribution is 0.588. The van der Waals surface area contributed by atoms with E-state index >= 15 is 0 Å². The van der Waals surface area contributed by atoms with Crippen molar-refractivity contribution in [1.29, 1.82) is 0 Å². The molecule has 2 rings (SSSR count). The Bertz CT molecular complexity index is 483. The van der Waals surface area contributed by atoms with Gasteiger partial charge in [0.1, 0.15) is 0 Å². The van der Waals surface area contributed by atoms with Crippen LogP contribution in [0.25, 0.3) is 0 Å². The SMILES string of the molecule is CC(C)(C)c1ccc(C(NN)c2cncs2)cc1. The Labute approximate surface area is 112 Å². The topological polar surface area (TPSA) is 50.9 Å². The van der Waals surface area contributed by atoms with Crippen molar-refractivity contribution >= 4 is 11.3 Å². The predicted molar refractivity (Wildman–Crippen MR) is 76.4 cm³/mol. The molecule has 0 aliphatic heterocycles. The second-order valence-corrected chi connectivity index (χ2v) is 6.29. The van der Waals surface area contributed by atoms with Crippen LogP contribution in [0.2, 0.25) is 0 Å². The molecule has 0 fully saturated rings. The Kier molecular flexibility index (Phi) is 3.80. The minimum Gasteiger partial charge on any atom is -0.271 e. The Morgan fingerprint density at radius 2 is 1.89 bits per heavy atom. The van der Waals surface area contributed by atoms with Crippen molar-refractivity contribution < 1.29 is 0 Å². The lowest BCUT2D eigenvalue weighted by Gasteiger charge is -2.20. The van der Waals surface area contributed by atoms with Crippen LogP contribution in [0.5, 0.6) is 0 Å². The molecule has 4 heteroatoms. The number of hydrazine groups is 1. The lowest BCUT2D eigenvalue weighted by atomic mass is 9.86. The van der Waals surface area contributed by atoms with Crippen LogP contribution in [0, 0.1) is 0 Å². The van der Waals surface area contributed by atoms with Gasteiger partial charge in [0, 0.05) is 11.1 Å². The molecule has 18 heavy (non-hydrogen) atoms. The molecule has 0 radical (unpaired) electrons. The van der Waals surface area contributed by atoms with Crippen molar-refractivity contribution in [2.24, 2.45) is 5.84 Å². The number of aromatic nitrogens is 1. The van der Waals surface area contributed by atoms with E-state index in [1.165, 1.54) is 5.56 Å². The smallest absolute Gasteiger partial charge is 0.0818 e. The number of hydrogen-bond acceptors (Lipinski definition) is 4. The van der Waals surface area contributed by atoms with Gasteiger partial charge in [-0.3, -0.25) is 10.8 Å². The first-order chi connectivity index (χ1) is 8.52. The van der Waals surface area contributed by atoms with Gasteiger partial charge in [-0.05, 0) is 16.5 Å². The molecule has 0 amide bonds. The van der Waals surface area contributed by atoms with Crippen LogP contribution in [0.15, 0.2) is 36.0 Å². The van der Waals surface area contributed by atoms with Crippen molar-refractivity contribution in [3.8, 4) is 0 Å². The molecule has 3 N–H and O–H groups in total. The number of hydrogen-bond donors (Lipinski definition) is 2. The van der Waals surface area contributed by atoms with Crippen LogP contribution in [0.4, 0.5) is 0 Å². The average molecular weight is 261 g/mol. The summed E-state index contributed by atoms with van der Waals surface area (Å²) >= 11 is 1.61. The van der Waals surface area contributed by atoms with Crippen molar-refractivity contribution in [1.82, 2.24) is 10.4 Å². The molecule has 2 aromatic rings. The van der Waals surface area contributed by atoms with Crippen LogP contribution in [0.1, 0.15) is 42.8 Å². The second kappa shape index (κ2) is 5.18. The minimum absolute atomic E-state index is 0.0199. The zero-order chi connectivity index (χ0) is 13.2. The molecular weight excluding hydrogens is 242 g/mol. The molecular formula is C14H19N3S. The average Bonchev–Trinajstić information content (AvgIpc) is 2.83. The Morgan fingerprint density at radius 1 is 1.22 bits per heavy atom. The van der Waals surface area contributed by atoms with E-state index in [1.807, 2.05) is 11.7 Å². The van der Waals surface area contributed by atoms with Gasteiger partial charge in [-0.1, -0.05) is 45.0 Å². The maximum atomic E-state index is 5.65. The lowest BCUT2D eigenvalue weighted by Crippen LogP contribution is -2.28. The number of benzene rings is 1. The van der Waals surface area contributed by atoms with Gasteiger partial charge in [0.25, 0.3) is 0 Å². The van der Waals surface area contributed by atoms with Gasteiger partial charge in [-0.25, -0.2) is 5.43 Å². The van der Waals surface area contributed by atoms with Gasteiger partial charge in [0.2, 0.25) is 0 Å². The Morgan fingerprint density at radius 3 is 2.33 bits per heavy atom. The Hall–Kier alpha value is -1.23. The van der Waals surface area contributed by atoms with Crippen LogP contribution in [0.3, 0.4) is 0 Å². The largest absolute Gasteiger partial charge is 0.271 e. The van der Waals surface area contributed by atoms with E-state index in [0.29, 0.717) is 0 Å². The summed E-state index contributed by atoms with van der Waals surface area (Å²) in [5.41, 5.74) is 7.33. The normalized spacial score (nSPS) is 13.6. The first-order valence-corrected chi connectivity index (χ1v) is 6.85. The standard InChI is InChI=1S/C14H19N3S/c1-14(2,3)11-6-4-10(5-7-11)13(17-15)12-8-16-9-18-12/h4-9,13,17H,15H2,1-3H3. The first-order valence-electron chi connectivity index (χ1n) is 5.97. The monoisotopic (exact) mass is 261 g/mol. The summed E-state index contributed by atoms with van der Waals surface area (Å²) in [6.45, 7) is 6.64.